The average Bonchev–Trinajstić information content (AvgIpc) is 2.06. The van der Waals surface area contributed by atoms with Gasteiger partial charge in [0, 0.05) is 12.6 Å². The molecule has 3 nitrogen and oxygen atoms in total. The number of hydrogen-bond donors (Lipinski definition) is 1. The molecule has 13 heavy (non-hydrogen) atoms. The van der Waals surface area contributed by atoms with E-state index in [9.17, 15) is 4.79 Å². The van der Waals surface area contributed by atoms with E-state index in [2.05, 4.69) is 19.2 Å². The SMILES string of the molecule is CC.CC(=O)COCCNC(C)C. The smallest absolute Gasteiger partial charge is 0.155 e. The maximum Gasteiger partial charge on any atom is 0.155 e. The van der Waals surface area contributed by atoms with Gasteiger partial charge in [-0.2, -0.15) is 0 Å². The molecule has 0 saturated carbocycles. The van der Waals surface area contributed by atoms with E-state index in [1.165, 1.54) is 6.92 Å². The molecule has 0 spiro atoms. The fourth-order valence-corrected chi connectivity index (χ4v) is 0.636. The standard InChI is InChI=1S/C8H17NO2.C2H6/c1-7(2)9-4-5-11-6-8(3)10;1-2/h7,9H,4-6H2,1-3H3;1-2H3. The molecular weight excluding hydrogens is 166 g/mol. The van der Waals surface area contributed by atoms with Crippen molar-refractivity contribution in [3.63, 3.8) is 0 Å². The van der Waals surface area contributed by atoms with Crippen LogP contribution in [0.4, 0.5) is 0 Å². The second-order valence-electron chi connectivity index (χ2n) is 2.86. The molecule has 0 fully saturated rings. The molecule has 0 aromatic carbocycles. The monoisotopic (exact) mass is 189 g/mol. The Morgan fingerprint density at radius 2 is 1.92 bits per heavy atom. The van der Waals surface area contributed by atoms with Gasteiger partial charge in [0.05, 0.1) is 6.61 Å². The van der Waals surface area contributed by atoms with Crippen LogP contribution in [-0.4, -0.2) is 31.6 Å². The number of Topliss-reactive ketones (excluding diaryl/α,β-unsaturated/α-hetero) is 1. The lowest BCUT2D eigenvalue weighted by Crippen LogP contribution is -2.27. The molecular formula is C10H23NO2. The van der Waals surface area contributed by atoms with Gasteiger partial charge in [-0.25, -0.2) is 0 Å². The summed E-state index contributed by atoms with van der Waals surface area (Å²) in [5.74, 6) is 0.0783. The predicted octanol–water partition coefficient (Wildman–Crippen LogP) is 1.62. The third-order valence-corrected chi connectivity index (χ3v) is 1.10. The summed E-state index contributed by atoms with van der Waals surface area (Å²) in [5, 5.41) is 3.18. The van der Waals surface area contributed by atoms with E-state index in [-0.39, 0.29) is 12.4 Å². The van der Waals surface area contributed by atoms with Crippen LogP contribution in [0.3, 0.4) is 0 Å². The van der Waals surface area contributed by atoms with Crippen LogP contribution in [-0.2, 0) is 9.53 Å². The van der Waals surface area contributed by atoms with Crippen LogP contribution in [0.2, 0.25) is 0 Å². The zero-order chi connectivity index (χ0) is 10.7. The highest BCUT2D eigenvalue weighted by atomic mass is 16.5. The third-order valence-electron chi connectivity index (χ3n) is 1.10. The Hall–Kier alpha value is -0.410. The highest BCUT2D eigenvalue weighted by molar-refractivity contribution is 5.76. The van der Waals surface area contributed by atoms with Crippen LogP contribution in [0.25, 0.3) is 0 Å². The fraction of sp³-hybridized carbons (Fsp3) is 0.900. The summed E-state index contributed by atoms with van der Waals surface area (Å²) in [6.07, 6.45) is 0. The first-order valence-corrected chi connectivity index (χ1v) is 4.93. The molecule has 0 unspecified atom stereocenters. The molecule has 0 rings (SSSR count). The van der Waals surface area contributed by atoms with Crippen LogP contribution in [0.1, 0.15) is 34.6 Å². The summed E-state index contributed by atoms with van der Waals surface area (Å²) in [6, 6.07) is 0.482. The number of carbonyl (C=O) groups excluding carboxylic acids is 1. The van der Waals surface area contributed by atoms with Crippen molar-refractivity contribution in [2.24, 2.45) is 0 Å². The van der Waals surface area contributed by atoms with Gasteiger partial charge < -0.3 is 10.1 Å². The van der Waals surface area contributed by atoms with Gasteiger partial charge in [0.1, 0.15) is 6.61 Å². The Balaban J connectivity index is 0. The van der Waals surface area contributed by atoms with Crippen molar-refractivity contribution in [3.8, 4) is 0 Å². The van der Waals surface area contributed by atoms with Gasteiger partial charge in [0.2, 0.25) is 0 Å². The molecule has 3 heteroatoms. The first-order chi connectivity index (χ1) is 6.13. The van der Waals surface area contributed by atoms with Gasteiger partial charge in [0.25, 0.3) is 0 Å². The summed E-state index contributed by atoms with van der Waals surface area (Å²) in [4.78, 5) is 10.4. The zero-order valence-electron chi connectivity index (χ0n) is 9.52. The topological polar surface area (TPSA) is 38.3 Å². The molecule has 80 valence electrons. The van der Waals surface area contributed by atoms with Gasteiger partial charge in [-0.1, -0.05) is 27.7 Å². The van der Waals surface area contributed by atoms with Gasteiger partial charge in [-0.3, -0.25) is 4.79 Å². The van der Waals surface area contributed by atoms with Crippen LogP contribution in [0.5, 0.6) is 0 Å². The molecule has 0 saturated heterocycles. The normalized spacial score (nSPS) is 9.38. The largest absolute Gasteiger partial charge is 0.372 e. The number of nitrogens with one attached hydrogen (secondary N) is 1. The highest BCUT2D eigenvalue weighted by Gasteiger charge is 1.93. The molecule has 0 amide bonds. The van der Waals surface area contributed by atoms with Crippen molar-refractivity contribution in [1.29, 1.82) is 0 Å². The molecule has 0 heterocycles. The minimum Gasteiger partial charge on any atom is -0.372 e. The molecule has 0 radical (unpaired) electrons. The molecule has 0 aromatic heterocycles. The number of carbonyl (C=O) groups is 1. The Labute approximate surface area is 81.9 Å². The Kier molecular flexibility index (Phi) is 13.4. The first kappa shape index (κ1) is 15.1. The quantitative estimate of drug-likeness (QED) is 0.645. The zero-order valence-corrected chi connectivity index (χ0v) is 9.52. The second kappa shape index (κ2) is 11.6. The summed E-state index contributed by atoms with van der Waals surface area (Å²) in [6.45, 7) is 11.3. The number of rotatable bonds is 6. The minimum atomic E-state index is 0.0783. The number of ether oxygens (including phenoxy) is 1. The first-order valence-electron chi connectivity index (χ1n) is 4.93. The molecule has 0 aliphatic rings. The third kappa shape index (κ3) is 18.5. The van der Waals surface area contributed by atoms with Gasteiger partial charge in [0.15, 0.2) is 5.78 Å². The second-order valence-corrected chi connectivity index (χ2v) is 2.86. The van der Waals surface area contributed by atoms with E-state index in [0.29, 0.717) is 12.6 Å². The van der Waals surface area contributed by atoms with Crippen molar-refractivity contribution in [2.45, 2.75) is 40.7 Å². The van der Waals surface area contributed by atoms with E-state index in [4.69, 9.17) is 4.74 Å². The molecule has 1 N–H and O–H groups in total. The summed E-state index contributed by atoms with van der Waals surface area (Å²) in [7, 11) is 0. The van der Waals surface area contributed by atoms with Gasteiger partial charge in [-0.15, -0.1) is 0 Å². The molecule has 0 aromatic rings. The predicted molar refractivity (Wildman–Crippen MR) is 56.0 cm³/mol. The summed E-state index contributed by atoms with van der Waals surface area (Å²) < 4.78 is 5.03. The molecule has 0 aliphatic carbocycles. The average molecular weight is 189 g/mol. The number of hydrogen-bond acceptors (Lipinski definition) is 3. The maximum absolute atomic E-state index is 10.4. The van der Waals surface area contributed by atoms with E-state index < -0.39 is 0 Å². The lowest BCUT2D eigenvalue weighted by molar-refractivity contribution is -0.121. The van der Waals surface area contributed by atoms with Crippen LogP contribution in [0, 0.1) is 0 Å². The van der Waals surface area contributed by atoms with Crippen molar-refractivity contribution in [1.82, 2.24) is 5.32 Å². The van der Waals surface area contributed by atoms with Crippen LogP contribution >= 0.6 is 0 Å². The molecule has 0 aliphatic heterocycles. The lowest BCUT2D eigenvalue weighted by atomic mass is 10.4. The van der Waals surface area contributed by atoms with Crippen molar-refractivity contribution in [2.75, 3.05) is 19.8 Å². The van der Waals surface area contributed by atoms with Crippen molar-refractivity contribution >= 4 is 5.78 Å². The molecule has 0 bridgehead atoms. The van der Waals surface area contributed by atoms with Crippen LogP contribution in [0.15, 0.2) is 0 Å². The number of ketones is 1. The Morgan fingerprint density at radius 3 is 2.31 bits per heavy atom. The van der Waals surface area contributed by atoms with E-state index in [1.54, 1.807) is 0 Å². The van der Waals surface area contributed by atoms with Crippen molar-refractivity contribution in [3.05, 3.63) is 0 Å². The molecule has 0 atom stereocenters. The van der Waals surface area contributed by atoms with Gasteiger partial charge >= 0.3 is 0 Å². The van der Waals surface area contributed by atoms with E-state index >= 15 is 0 Å². The van der Waals surface area contributed by atoms with Gasteiger partial charge in [-0.05, 0) is 6.92 Å². The summed E-state index contributed by atoms with van der Waals surface area (Å²) in [5.41, 5.74) is 0. The van der Waals surface area contributed by atoms with E-state index in [1.807, 2.05) is 13.8 Å². The summed E-state index contributed by atoms with van der Waals surface area (Å²) >= 11 is 0. The Bertz CT molecular complexity index is 113. The van der Waals surface area contributed by atoms with E-state index in [0.717, 1.165) is 6.54 Å². The Morgan fingerprint density at radius 1 is 1.38 bits per heavy atom. The maximum atomic E-state index is 10.4. The fourth-order valence-electron chi connectivity index (χ4n) is 0.636. The lowest BCUT2D eigenvalue weighted by Gasteiger charge is -2.07. The van der Waals surface area contributed by atoms with Crippen LogP contribution < -0.4 is 5.32 Å². The minimum absolute atomic E-state index is 0.0783. The highest BCUT2D eigenvalue weighted by Crippen LogP contribution is 1.78. The van der Waals surface area contributed by atoms with Crippen molar-refractivity contribution < 1.29 is 9.53 Å².